The molecule has 2 aromatic rings. The van der Waals surface area contributed by atoms with Crippen molar-refractivity contribution in [2.45, 2.75) is 4.90 Å². The second-order valence-corrected chi connectivity index (χ2v) is 6.39. The molecule has 1 unspecified atom stereocenters. The number of carbonyl (C=O) groups excluding carboxylic acids is 1. The summed E-state index contributed by atoms with van der Waals surface area (Å²) >= 11 is -0.138. The molecule has 0 radical (unpaired) electrons. The fourth-order valence-corrected chi connectivity index (χ4v) is 3.24. The van der Waals surface area contributed by atoms with E-state index >= 15 is 0 Å². The number of benzene rings is 2. The van der Waals surface area contributed by atoms with Gasteiger partial charge in [0.25, 0.3) is 0 Å². The van der Waals surface area contributed by atoms with E-state index in [1.807, 2.05) is 24.5 Å². The topological polar surface area (TPSA) is 43.4 Å². The van der Waals surface area contributed by atoms with Crippen LogP contribution in [0.2, 0.25) is 0 Å². The Kier molecular flexibility index (Phi) is 5.98. The Hall–Kier alpha value is -1.85. The van der Waals surface area contributed by atoms with Crippen LogP contribution in [-0.4, -0.2) is 22.0 Å². The van der Waals surface area contributed by atoms with Gasteiger partial charge < -0.3 is 4.18 Å². The van der Waals surface area contributed by atoms with E-state index in [1.54, 1.807) is 36.4 Å². The molecule has 0 saturated heterocycles. The van der Waals surface area contributed by atoms with Crippen molar-refractivity contribution in [3.8, 4) is 5.75 Å². The third-order valence-corrected chi connectivity index (χ3v) is 4.66. The largest absolute Gasteiger partial charge is 0.400 e. The van der Waals surface area contributed by atoms with Gasteiger partial charge in [-0.1, -0.05) is 36.9 Å². The summed E-state index contributed by atoms with van der Waals surface area (Å²) in [6, 6.07) is 16.2. The van der Waals surface area contributed by atoms with Crippen molar-refractivity contribution in [3.05, 3.63) is 72.3 Å². The summed E-state index contributed by atoms with van der Waals surface area (Å²) in [7, 11) is 0. The van der Waals surface area contributed by atoms with Gasteiger partial charge >= 0.3 is 0 Å². The summed E-state index contributed by atoms with van der Waals surface area (Å²) in [5, 5.41) is 0. The molecule has 0 N–H and O–H groups in total. The summed E-state index contributed by atoms with van der Waals surface area (Å²) in [5.74, 6) is 0.289. The zero-order valence-corrected chi connectivity index (χ0v) is 13.8. The predicted octanol–water partition coefficient (Wildman–Crippen LogP) is 3.89. The van der Waals surface area contributed by atoms with Crippen molar-refractivity contribution >= 4 is 28.6 Å². The Labute approximate surface area is 137 Å². The molecule has 0 bridgehead atoms. The Morgan fingerprint density at radius 2 is 1.77 bits per heavy atom. The molecular formula is C17H16O3S2. The highest BCUT2D eigenvalue weighted by Crippen LogP contribution is 2.22. The summed E-state index contributed by atoms with van der Waals surface area (Å²) in [5.41, 5.74) is 0.854. The maximum absolute atomic E-state index is 12.4. The van der Waals surface area contributed by atoms with Crippen LogP contribution in [0.15, 0.2) is 71.6 Å². The average Bonchev–Trinajstić information content (AvgIpc) is 2.54. The number of carbonyl (C=O) groups is 1. The van der Waals surface area contributed by atoms with E-state index in [1.165, 1.54) is 11.8 Å². The van der Waals surface area contributed by atoms with Gasteiger partial charge in [-0.2, -0.15) is 0 Å². The zero-order chi connectivity index (χ0) is 15.9. The fraction of sp³-hybridized carbons (Fsp3) is 0.118. The molecule has 3 nitrogen and oxygen atoms in total. The molecule has 22 heavy (non-hydrogen) atoms. The maximum Gasteiger partial charge on any atom is 0.211 e. The van der Waals surface area contributed by atoms with Crippen LogP contribution in [0.3, 0.4) is 0 Å². The van der Waals surface area contributed by atoms with Crippen LogP contribution in [0, 0.1) is 0 Å². The standard InChI is InChI=1S/C17H16O3S2/c1-13(12-22(19)20-14-8-4-3-5-9-14)17(18)15-10-6-7-11-16(15)21-2/h3-11H,1,12H2,2H3. The van der Waals surface area contributed by atoms with E-state index < -0.39 is 11.1 Å². The van der Waals surface area contributed by atoms with Crippen molar-refractivity contribution in [1.82, 2.24) is 0 Å². The molecule has 0 aliphatic heterocycles. The molecule has 2 aromatic carbocycles. The van der Waals surface area contributed by atoms with E-state index in [2.05, 4.69) is 6.58 Å². The smallest absolute Gasteiger partial charge is 0.211 e. The van der Waals surface area contributed by atoms with Gasteiger partial charge in [0.15, 0.2) is 5.78 Å². The molecule has 0 spiro atoms. The molecule has 114 valence electrons. The number of ketones is 1. The van der Waals surface area contributed by atoms with Gasteiger partial charge in [0.2, 0.25) is 11.1 Å². The lowest BCUT2D eigenvalue weighted by Crippen LogP contribution is -2.14. The minimum Gasteiger partial charge on any atom is -0.400 e. The van der Waals surface area contributed by atoms with E-state index in [0.29, 0.717) is 11.3 Å². The average molecular weight is 332 g/mol. The van der Waals surface area contributed by atoms with Crippen molar-refractivity contribution < 1.29 is 13.2 Å². The maximum atomic E-state index is 12.4. The normalized spacial score (nSPS) is 11.7. The second kappa shape index (κ2) is 7.96. The van der Waals surface area contributed by atoms with Gasteiger partial charge in [-0.3, -0.25) is 4.79 Å². The van der Waals surface area contributed by atoms with E-state index in [9.17, 15) is 9.00 Å². The first-order valence-corrected chi connectivity index (χ1v) is 9.06. The van der Waals surface area contributed by atoms with Crippen molar-refractivity contribution in [1.29, 1.82) is 0 Å². The van der Waals surface area contributed by atoms with E-state index in [0.717, 1.165) is 4.90 Å². The number of hydrogen-bond acceptors (Lipinski definition) is 4. The molecule has 0 aliphatic carbocycles. The molecule has 0 amide bonds. The lowest BCUT2D eigenvalue weighted by Gasteiger charge is -2.09. The van der Waals surface area contributed by atoms with Crippen molar-refractivity contribution in [2.24, 2.45) is 0 Å². The minimum absolute atomic E-state index is 0.0174. The highest BCUT2D eigenvalue weighted by molar-refractivity contribution is 7.98. The molecule has 0 aromatic heterocycles. The molecule has 0 saturated carbocycles. The quantitative estimate of drug-likeness (QED) is 0.438. The molecule has 0 fully saturated rings. The Morgan fingerprint density at radius 1 is 1.14 bits per heavy atom. The lowest BCUT2D eigenvalue weighted by molar-refractivity contribution is 0.103. The van der Waals surface area contributed by atoms with Crippen LogP contribution in [0.1, 0.15) is 10.4 Å². The van der Waals surface area contributed by atoms with Gasteiger partial charge in [-0.25, -0.2) is 4.21 Å². The van der Waals surface area contributed by atoms with Gasteiger partial charge in [0, 0.05) is 16.0 Å². The van der Waals surface area contributed by atoms with Gasteiger partial charge in [0.1, 0.15) is 5.75 Å². The SMILES string of the molecule is C=C(CS(=O)Oc1ccccc1)C(=O)c1ccccc1SC. The van der Waals surface area contributed by atoms with Crippen LogP contribution < -0.4 is 4.18 Å². The van der Waals surface area contributed by atoms with E-state index in [4.69, 9.17) is 4.18 Å². The fourth-order valence-electron chi connectivity index (χ4n) is 1.84. The number of hydrogen-bond donors (Lipinski definition) is 0. The predicted molar refractivity (Wildman–Crippen MR) is 91.8 cm³/mol. The summed E-state index contributed by atoms with van der Waals surface area (Å²) in [6.45, 7) is 3.76. The van der Waals surface area contributed by atoms with Gasteiger partial charge in [-0.15, -0.1) is 11.8 Å². The third-order valence-electron chi connectivity index (χ3n) is 2.90. The van der Waals surface area contributed by atoms with Crippen LogP contribution in [0.25, 0.3) is 0 Å². The molecule has 2 rings (SSSR count). The highest BCUT2D eigenvalue weighted by atomic mass is 32.2. The lowest BCUT2D eigenvalue weighted by atomic mass is 10.1. The first kappa shape index (κ1) is 16.5. The molecular weight excluding hydrogens is 316 g/mol. The van der Waals surface area contributed by atoms with Gasteiger partial charge in [-0.05, 0) is 30.5 Å². The Bertz CT molecular complexity index is 696. The van der Waals surface area contributed by atoms with Crippen molar-refractivity contribution in [3.63, 3.8) is 0 Å². The van der Waals surface area contributed by atoms with E-state index in [-0.39, 0.29) is 17.1 Å². The Morgan fingerprint density at radius 3 is 2.45 bits per heavy atom. The molecule has 1 atom stereocenters. The summed E-state index contributed by atoms with van der Waals surface area (Å²) < 4.78 is 17.3. The van der Waals surface area contributed by atoms with Gasteiger partial charge in [0.05, 0.1) is 5.75 Å². The van der Waals surface area contributed by atoms with Crippen LogP contribution >= 0.6 is 11.8 Å². The van der Waals surface area contributed by atoms with Crippen LogP contribution in [0.5, 0.6) is 5.75 Å². The highest BCUT2D eigenvalue weighted by Gasteiger charge is 2.17. The molecule has 0 aliphatic rings. The zero-order valence-electron chi connectivity index (χ0n) is 12.2. The monoisotopic (exact) mass is 332 g/mol. The molecule has 0 heterocycles. The van der Waals surface area contributed by atoms with Crippen LogP contribution in [-0.2, 0) is 11.1 Å². The molecule has 5 heteroatoms. The first-order chi connectivity index (χ1) is 10.6. The number of Topliss-reactive ketones (excluding diaryl/α,β-unsaturated/α-hetero) is 1. The third kappa shape index (κ3) is 4.32. The van der Waals surface area contributed by atoms with Crippen LogP contribution in [0.4, 0.5) is 0 Å². The van der Waals surface area contributed by atoms with Crippen molar-refractivity contribution in [2.75, 3.05) is 12.0 Å². The first-order valence-electron chi connectivity index (χ1n) is 6.59. The minimum atomic E-state index is -1.63. The number of para-hydroxylation sites is 1. The number of rotatable bonds is 7. The second-order valence-electron chi connectivity index (χ2n) is 4.48. The Balaban J connectivity index is 2.02. The summed E-state index contributed by atoms with van der Waals surface area (Å²) in [4.78, 5) is 13.3. The number of thioether (sulfide) groups is 1. The summed E-state index contributed by atoms with van der Waals surface area (Å²) in [6.07, 6.45) is 1.91.